The van der Waals surface area contributed by atoms with Crippen LogP contribution in [0.5, 0.6) is 5.75 Å². The van der Waals surface area contributed by atoms with Crippen LogP contribution in [0.1, 0.15) is 22.8 Å². The summed E-state index contributed by atoms with van der Waals surface area (Å²) in [6.07, 6.45) is 0. The van der Waals surface area contributed by atoms with Crippen LogP contribution in [0.25, 0.3) is 17.1 Å². The summed E-state index contributed by atoms with van der Waals surface area (Å²) in [6, 6.07) is 24.6. The fraction of sp³-hybridized carbons (Fsp3) is 0.154. The van der Waals surface area contributed by atoms with E-state index in [0.717, 1.165) is 11.3 Å². The molecule has 4 aromatic rings. The maximum absolute atomic E-state index is 12.5. The zero-order valence-corrected chi connectivity index (χ0v) is 19.6. The van der Waals surface area contributed by atoms with Crippen LogP contribution >= 0.6 is 11.8 Å². The molecule has 0 atom stereocenters. The van der Waals surface area contributed by atoms with Gasteiger partial charge in [0.05, 0.1) is 12.9 Å². The van der Waals surface area contributed by atoms with E-state index in [1.807, 2.05) is 65.2 Å². The summed E-state index contributed by atoms with van der Waals surface area (Å²) in [5, 5.41) is 9.28. The molecule has 0 radical (unpaired) electrons. The molecule has 0 spiro atoms. The highest BCUT2D eigenvalue weighted by Gasteiger charge is 2.18. The molecule has 0 aliphatic carbocycles. The SMILES string of the molecule is COc1ccc(C(C)=O)cc1COC(=O)CSc1nnc(-c2ccccc2)n1-c1ccccc1. The lowest BCUT2D eigenvalue weighted by atomic mass is 10.1. The number of benzene rings is 3. The molecule has 0 saturated heterocycles. The Bertz CT molecular complexity index is 1290. The molecule has 0 aliphatic heterocycles. The highest BCUT2D eigenvalue weighted by atomic mass is 32.2. The van der Waals surface area contributed by atoms with Crippen molar-refractivity contribution in [2.75, 3.05) is 12.9 Å². The molecule has 3 aromatic carbocycles. The van der Waals surface area contributed by atoms with Crippen molar-refractivity contribution >= 4 is 23.5 Å². The van der Waals surface area contributed by atoms with Crippen LogP contribution in [-0.2, 0) is 16.1 Å². The molecule has 8 heteroatoms. The first-order chi connectivity index (χ1) is 16.6. The van der Waals surface area contributed by atoms with E-state index in [-0.39, 0.29) is 18.1 Å². The first-order valence-electron chi connectivity index (χ1n) is 10.6. The quantitative estimate of drug-likeness (QED) is 0.193. The molecule has 0 amide bonds. The third kappa shape index (κ3) is 5.35. The van der Waals surface area contributed by atoms with Crippen LogP contribution in [-0.4, -0.2) is 39.4 Å². The Hall–Kier alpha value is -3.91. The largest absolute Gasteiger partial charge is 0.496 e. The van der Waals surface area contributed by atoms with E-state index < -0.39 is 5.97 Å². The molecule has 0 N–H and O–H groups in total. The van der Waals surface area contributed by atoms with Crippen molar-refractivity contribution in [2.45, 2.75) is 18.7 Å². The third-order valence-corrected chi connectivity index (χ3v) is 5.98. The molecule has 0 fully saturated rings. The predicted molar refractivity (Wildman–Crippen MR) is 130 cm³/mol. The van der Waals surface area contributed by atoms with Crippen molar-refractivity contribution < 1.29 is 19.1 Å². The molecular weight excluding hydrogens is 450 g/mol. The second kappa shape index (κ2) is 10.8. The van der Waals surface area contributed by atoms with E-state index >= 15 is 0 Å². The molecule has 4 rings (SSSR count). The highest BCUT2D eigenvalue weighted by molar-refractivity contribution is 7.99. The summed E-state index contributed by atoms with van der Waals surface area (Å²) in [7, 11) is 1.53. The van der Waals surface area contributed by atoms with Gasteiger partial charge in [-0.2, -0.15) is 0 Å². The summed E-state index contributed by atoms with van der Waals surface area (Å²) in [5.41, 5.74) is 2.98. The van der Waals surface area contributed by atoms with Gasteiger partial charge in [0.15, 0.2) is 16.8 Å². The lowest BCUT2D eigenvalue weighted by molar-refractivity contribution is -0.141. The Morgan fingerprint density at radius 1 is 0.941 bits per heavy atom. The van der Waals surface area contributed by atoms with Gasteiger partial charge in [0.1, 0.15) is 12.4 Å². The molecule has 7 nitrogen and oxygen atoms in total. The van der Waals surface area contributed by atoms with Gasteiger partial charge in [-0.15, -0.1) is 10.2 Å². The molecule has 0 bridgehead atoms. The number of hydrogen-bond donors (Lipinski definition) is 0. The van der Waals surface area contributed by atoms with Gasteiger partial charge in [-0.25, -0.2) is 0 Å². The van der Waals surface area contributed by atoms with Crippen molar-refractivity contribution in [1.29, 1.82) is 0 Å². The van der Waals surface area contributed by atoms with Gasteiger partial charge in [0.25, 0.3) is 0 Å². The number of rotatable bonds is 9. The average Bonchev–Trinajstić information content (AvgIpc) is 3.31. The number of ketones is 1. The van der Waals surface area contributed by atoms with Crippen molar-refractivity contribution in [1.82, 2.24) is 14.8 Å². The standard InChI is InChI=1S/C26H23N3O4S/c1-18(30)20-13-14-23(32-2)21(15-20)16-33-24(31)17-34-26-28-27-25(19-9-5-3-6-10-19)29(26)22-11-7-4-8-12-22/h3-15H,16-17H2,1-2H3. The van der Waals surface area contributed by atoms with E-state index in [2.05, 4.69) is 10.2 Å². The van der Waals surface area contributed by atoms with E-state index in [9.17, 15) is 9.59 Å². The summed E-state index contributed by atoms with van der Waals surface area (Å²) < 4.78 is 12.7. The minimum atomic E-state index is -0.413. The van der Waals surface area contributed by atoms with Gasteiger partial charge in [0.2, 0.25) is 0 Å². The van der Waals surface area contributed by atoms with Crippen LogP contribution in [0.3, 0.4) is 0 Å². The number of carbonyl (C=O) groups is 2. The number of hydrogen-bond acceptors (Lipinski definition) is 7. The minimum absolute atomic E-state index is 0.00429. The van der Waals surface area contributed by atoms with Crippen LogP contribution in [0.15, 0.2) is 84.0 Å². The number of carbonyl (C=O) groups excluding carboxylic acids is 2. The number of esters is 1. The van der Waals surface area contributed by atoms with Gasteiger partial charge in [-0.1, -0.05) is 60.3 Å². The van der Waals surface area contributed by atoms with Gasteiger partial charge in [0, 0.05) is 22.4 Å². The molecule has 34 heavy (non-hydrogen) atoms. The van der Waals surface area contributed by atoms with E-state index in [4.69, 9.17) is 9.47 Å². The molecule has 0 aliphatic rings. The zero-order valence-electron chi connectivity index (χ0n) is 18.8. The van der Waals surface area contributed by atoms with E-state index in [0.29, 0.717) is 27.9 Å². The number of thioether (sulfide) groups is 1. The highest BCUT2D eigenvalue weighted by Crippen LogP contribution is 2.28. The smallest absolute Gasteiger partial charge is 0.316 e. The number of methoxy groups -OCH3 is 1. The van der Waals surface area contributed by atoms with Crippen LogP contribution < -0.4 is 4.74 Å². The number of Topliss-reactive ketones (excluding diaryl/α,β-unsaturated/α-hetero) is 1. The van der Waals surface area contributed by atoms with Gasteiger partial charge in [-0.3, -0.25) is 14.2 Å². The summed E-state index contributed by atoms with van der Waals surface area (Å²) in [6.45, 7) is 1.49. The predicted octanol–water partition coefficient (Wildman–Crippen LogP) is 4.98. The fourth-order valence-corrected chi connectivity index (χ4v) is 4.13. The van der Waals surface area contributed by atoms with Crippen molar-refractivity contribution in [3.05, 3.63) is 90.0 Å². The van der Waals surface area contributed by atoms with Crippen LogP contribution in [0, 0.1) is 0 Å². The molecular formula is C26H23N3O4S. The molecule has 172 valence electrons. The Kier molecular flexibility index (Phi) is 7.39. The maximum Gasteiger partial charge on any atom is 0.316 e. The third-order valence-electron chi connectivity index (χ3n) is 5.07. The minimum Gasteiger partial charge on any atom is -0.496 e. The van der Waals surface area contributed by atoms with Crippen molar-refractivity contribution in [2.24, 2.45) is 0 Å². The Morgan fingerprint density at radius 2 is 1.65 bits per heavy atom. The first-order valence-corrected chi connectivity index (χ1v) is 11.6. The zero-order chi connectivity index (χ0) is 23.9. The molecule has 0 unspecified atom stereocenters. The van der Waals surface area contributed by atoms with Gasteiger partial charge >= 0.3 is 5.97 Å². The lowest BCUT2D eigenvalue weighted by Crippen LogP contribution is -2.09. The van der Waals surface area contributed by atoms with Crippen LogP contribution in [0.4, 0.5) is 0 Å². The number of ether oxygens (including phenoxy) is 2. The lowest BCUT2D eigenvalue weighted by Gasteiger charge is -2.11. The van der Waals surface area contributed by atoms with Crippen molar-refractivity contribution in [3.63, 3.8) is 0 Å². The second-order valence-electron chi connectivity index (χ2n) is 7.38. The van der Waals surface area contributed by atoms with Crippen molar-refractivity contribution in [3.8, 4) is 22.8 Å². The maximum atomic E-state index is 12.5. The topological polar surface area (TPSA) is 83.3 Å². The van der Waals surface area contributed by atoms with Gasteiger partial charge < -0.3 is 9.47 Å². The van der Waals surface area contributed by atoms with Crippen LogP contribution in [0.2, 0.25) is 0 Å². The first kappa shape index (κ1) is 23.3. The Morgan fingerprint density at radius 3 is 2.32 bits per heavy atom. The van der Waals surface area contributed by atoms with Gasteiger partial charge in [-0.05, 0) is 37.3 Å². The molecule has 1 heterocycles. The van der Waals surface area contributed by atoms with E-state index in [1.165, 1.54) is 25.8 Å². The number of para-hydroxylation sites is 1. The normalized spacial score (nSPS) is 10.6. The number of aromatic nitrogens is 3. The Labute approximate surface area is 201 Å². The summed E-state index contributed by atoms with van der Waals surface area (Å²) in [5.74, 6) is 0.814. The van der Waals surface area contributed by atoms with E-state index in [1.54, 1.807) is 18.2 Å². The molecule has 1 aromatic heterocycles. The molecule has 0 saturated carbocycles. The summed E-state index contributed by atoms with van der Waals surface area (Å²) >= 11 is 1.25. The number of nitrogens with zero attached hydrogens (tertiary/aromatic N) is 3. The fourth-order valence-electron chi connectivity index (χ4n) is 3.38. The monoisotopic (exact) mass is 473 g/mol. The second-order valence-corrected chi connectivity index (χ2v) is 8.32. The Balaban J connectivity index is 1.49. The summed E-state index contributed by atoms with van der Waals surface area (Å²) in [4.78, 5) is 24.2. The average molecular weight is 474 g/mol.